The van der Waals surface area contributed by atoms with Crippen molar-refractivity contribution in [3.8, 4) is 39.1 Å². The summed E-state index contributed by atoms with van der Waals surface area (Å²) in [5.74, 6) is 0. The summed E-state index contributed by atoms with van der Waals surface area (Å²) < 4.78 is 2.41. The van der Waals surface area contributed by atoms with Gasteiger partial charge in [-0.3, -0.25) is 0 Å². The van der Waals surface area contributed by atoms with Crippen LogP contribution in [0.3, 0.4) is 0 Å². The molecule has 0 saturated carbocycles. The van der Waals surface area contributed by atoms with Crippen LogP contribution in [0.2, 0.25) is 0 Å². The number of aromatic nitrogens is 1. The summed E-state index contributed by atoms with van der Waals surface area (Å²) in [6.07, 6.45) is 0. The first kappa shape index (κ1) is 28.9. The van der Waals surface area contributed by atoms with Gasteiger partial charge in [-0.2, -0.15) is 0 Å². The van der Waals surface area contributed by atoms with Crippen LogP contribution >= 0.6 is 0 Å². The van der Waals surface area contributed by atoms with E-state index in [1.807, 2.05) is 0 Å². The number of hydrogen-bond donors (Lipinski definition) is 0. The molecule has 0 amide bonds. The van der Waals surface area contributed by atoms with Crippen LogP contribution in [0, 0.1) is 0 Å². The number of anilines is 3. The molecule has 0 bridgehead atoms. The molecule has 0 N–H and O–H groups in total. The minimum Gasteiger partial charge on any atom is -0.309 e. The quantitative estimate of drug-likeness (QED) is 0.176. The summed E-state index contributed by atoms with van der Waals surface area (Å²) in [4.78, 5) is 2.65. The zero-order valence-corrected chi connectivity index (χ0v) is 30.1. The molecule has 2 unspecified atom stereocenters. The number of benzene rings is 8. The van der Waals surface area contributed by atoms with Crippen molar-refractivity contribution in [2.45, 2.75) is 24.7 Å². The van der Waals surface area contributed by atoms with E-state index in [0.717, 1.165) is 0 Å². The van der Waals surface area contributed by atoms with Crippen molar-refractivity contribution in [1.29, 1.82) is 0 Å². The Morgan fingerprint density at radius 1 is 0.389 bits per heavy atom. The number of hydrogen-bond acceptors (Lipinski definition) is 1. The van der Waals surface area contributed by atoms with Crippen molar-refractivity contribution in [3.63, 3.8) is 0 Å². The highest BCUT2D eigenvalue weighted by Crippen LogP contribution is 2.70. The van der Waals surface area contributed by atoms with Crippen LogP contribution in [-0.2, 0) is 10.8 Å². The molecule has 8 aromatic carbocycles. The molecule has 13 rings (SSSR count). The van der Waals surface area contributed by atoms with Gasteiger partial charge in [-0.25, -0.2) is 0 Å². The highest BCUT2D eigenvalue weighted by molar-refractivity contribution is 6.11. The SMILES string of the molecule is CC12c3ccccc3-c3cccc(c31)N1c3cccc4c3C(C)(c3ccccc3-4)c3c(-c4ccc5c(c4)c4ccccc4n5-c4ccccc4)ccc2c31. The lowest BCUT2D eigenvalue weighted by Crippen LogP contribution is -2.39. The van der Waals surface area contributed by atoms with Crippen LogP contribution in [0.5, 0.6) is 0 Å². The van der Waals surface area contributed by atoms with Crippen LogP contribution in [0.1, 0.15) is 47.2 Å². The molecular formula is C52H34N2. The Kier molecular flexibility index (Phi) is 5.17. The highest BCUT2D eigenvalue weighted by atomic mass is 15.2. The van der Waals surface area contributed by atoms with E-state index in [9.17, 15) is 0 Å². The maximum Gasteiger partial charge on any atom is 0.0556 e. The lowest BCUT2D eigenvalue weighted by atomic mass is 9.62. The molecule has 4 aliphatic rings. The van der Waals surface area contributed by atoms with E-state index in [1.165, 1.54) is 111 Å². The van der Waals surface area contributed by atoms with Crippen LogP contribution in [0.25, 0.3) is 60.9 Å². The van der Waals surface area contributed by atoms with Gasteiger partial charge in [0.25, 0.3) is 0 Å². The first-order chi connectivity index (χ1) is 26.6. The Balaban J connectivity index is 1.18. The summed E-state index contributed by atoms with van der Waals surface area (Å²) in [7, 11) is 0. The molecular weight excluding hydrogens is 653 g/mol. The maximum atomic E-state index is 2.65. The van der Waals surface area contributed by atoms with Gasteiger partial charge >= 0.3 is 0 Å². The molecule has 2 atom stereocenters. The fraction of sp³-hybridized carbons (Fsp3) is 0.0769. The second-order valence-corrected chi connectivity index (χ2v) is 15.9. The van der Waals surface area contributed by atoms with Crippen LogP contribution in [-0.4, -0.2) is 4.57 Å². The van der Waals surface area contributed by atoms with E-state index in [0.29, 0.717) is 0 Å². The van der Waals surface area contributed by atoms with E-state index in [-0.39, 0.29) is 10.8 Å². The normalized spacial score (nSPS) is 19.0. The molecule has 0 radical (unpaired) electrons. The third kappa shape index (κ3) is 3.15. The zero-order valence-electron chi connectivity index (χ0n) is 30.1. The van der Waals surface area contributed by atoms with E-state index in [4.69, 9.17) is 0 Å². The summed E-state index contributed by atoms with van der Waals surface area (Å²) in [6, 6.07) is 64.0. The van der Waals surface area contributed by atoms with Crippen molar-refractivity contribution >= 4 is 38.9 Å². The van der Waals surface area contributed by atoms with Gasteiger partial charge in [0, 0.05) is 27.3 Å². The second kappa shape index (κ2) is 9.66. The monoisotopic (exact) mass is 686 g/mol. The molecule has 2 heteroatoms. The van der Waals surface area contributed by atoms with Gasteiger partial charge in [0.1, 0.15) is 0 Å². The Morgan fingerprint density at radius 3 is 1.72 bits per heavy atom. The van der Waals surface area contributed by atoms with Gasteiger partial charge in [0.15, 0.2) is 0 Å². The third-order valence-corrected chi connectivity index (χ3v) is 13.5. The first-order valence-electron chi connectivity index (χ1n) is 19.1. The molecule has 2 aliphatic carbocycles. The molecule has 0 saturated heterocycles. The molecule has 252 valence electrons. The fourth-order valence-corrected chi connectivity index (χ4v) is 11.4. The van der Waals surface area contributed by atoms with Gasteiger partial charge < -0.3 is 9.47 Å². The average Bonchev–Trinajstić information content (AvgIpc) is 3.80. The Morgan fingerprint density at radius 2 is 0.981 bits per heavy atom. The van der Waals surface area contributed by atoms with Gasteiger partial charge in [0.05, 0.1) is 28.1 Å². The molecule has 1 aromatic heterocycles. The lowest BCUT2D eigenvalue weighted by Gasteiger charge is -2.50. The van der Waals surface area contributed by atoms with E-state index in [2.05, 4.69) is 193 Å². The smallest absolute Gasteiger partial charge is 0.0556 e. The van der Waals surface area contributed by atoms with Crippen molar-refractivity contribution in [3.05, 3.63) is 203 Å². The number of fused-ring (bicyclic) bond motifs is 13. The highest BCUT2D eigenvalue weighted by Gasteiger charge is 2.56. The van der Waals surface area contributed by atoms with Gasteiger partial charge in [-0.05, 0) is 123 Å². The van der Waals surface area contributed by atoms with E-state index < -0.39 is 0 Å². The fourth-order valence-electron chi connectivity index (χ4n) is 11.4. The summed E-state index contributed by atoms with van der Waals surface area (Å²) in [6.45, 7) is 4.99. The topological polar surface area (TPSA) is 8.17 Å². The van der Waals surface area contributed by atoms with Crippen molar-refractivity contribution in [1.82, 2.24) is 4.57 Å². The van der Waals surface area contributed by atoms with Crippen molar-refractivity contribution in [2.75, 3.05) is 4.90 Å². The van der Waals surface area contributed by atoms with E-state index in [1.54, 1.807) is 0 Å². The van der Waals surface area contributed by atoms with Crippen molar-refractivity contribution in [2.24, 2.45) is 0 Å². The Bertz CT molecular complexity index is 3140. The van der Waals surface area contributed by atoms with E-state index >= 15 is 0 Å². The molecule has 9 aromatic rings. The summed E-state index contributed by atoms with van der Waals surface area (Å²) in [5.41, 5.74) is 23.2. The first-order valence-corrected chi connectivity index (χ1v) is 19.1. The van der Waals surface area contributed by atoms with Crippen LogP contribution < -0.4 is 4.90 Å². The lowest BCUT2D eigenvalue weighted by molar-refractivity contribution is 0.664. The minimum atomic E-state index is -0.365. The zero-order chi connectivity index (χ0) is 35.5. The predicted molar refractivity (Wildman–Crippen MR) is 223 cm³/mol. The third-order valence-electron chi connectivity index (χ3n) is 13.5. The summed E-state index contributed by atoms with van der Waals surface area (Å²) in [5, 5.41) is 2.54. The number of para-hydroxylation sites is 2. The summed E-state index contributed by atoms with van der Waals surface area (Å²) >= 11 is 0. The Hall–Kier alpha value is -6.64. The number of nitrogens with zero attached hydrogens (tertiary/aromatic N) is 2. The predicted octanol–water partition coefficient (Wildman–Crippen LogP) is 13.2. The average molecular weight is 687 g/mol. The van der Waals surface area contributed by atoms with Gasteiger partial charge in [-0.1, -0.05) is 127 Å². The van der Waals surface area contributed by atoms with Gasteiger partial charge in [0.2, 0.25) is 0 Å². The minimum absolute atomic E-state index is 0.293. The standard InChI is InChI=1S/C52H34N2/c1-51-40-21-9-6-16-34(40)37-19-12-24-45(47(37)51)54-46-25-13-20-38-35-17-7-10-22-41(35)52(2,48(38)46)49-33(27-28-42(51)50(49)54)31-26-29-44-39(30-31)36-18-8-11-23-43(36)53(44)32-14-4-3-5-15-32/h3-30H,1-2H3. The molecule has 2 aliphatic heterocycles. The van der Waals surface area contributed by atoms with Crippen LogP contribution in [0.15, 0.2) is 170 Å². The molecule has 54 heavy (non-hydrogen) atoms. The van der Waals surface area contributed by atoms with Crippen molar-refractivity contribution < 1.29 is 0 Å². The Labute approximate surface area is 314 Å². The largest absolute Gasteiger partial charge is 0.309 e. The molecule has 0 spiro atoms. The maximum absolute atomic E-state index is 2.65. The van der Waals surface area contributed by atoms with Crippen LogP contribution in [0.4, 0.5) is 17.1 Å². The molecule has 0 fully saturated rings. The molecule has 3 heterocycles. The number of rotatable bonds is 2. The van der Waals surface area contributed by atoms with Gasteiger partial charge in [-0.15, -0.1) is 0 Å². The molecule has 2 nitrogen and oxygen atoms in total. The second-order valence-electron chi connectivity index (χ2n) is 15.9.